The molecule has 1 heterocycles. The minimum Gasteiger partial charge on any atom is -0.507 e. The molecule has 0 aliphatic carbocycles. The number of nitrogens with one attached hydrogen (secondary N) is 1. The highest BCUT2D eigenvalue weighted by atomic mass is 79.9. The molecule has 1 fully saturated rings. The number of anilines is 1. The van der Waals surface area contributed by atoms with Crippen molar-refractivity contribution in [1.29, 1.82) is 0 Å². The molecule has 1 saturated heterocycles. The van der Waals surface area contributed by atoms with Crippen LogP contribution in [-0.2, 0) is 9.59 Å². The number of rotatable bonds is 2. The van der Waals surface area contributed by atoms with Gasteiger partial charge in [-0.1, -0.05) is 12.1 Å². The summed E-state index contributed by atoms with van der Waals surface area (Å²) in [7, 11) is 0. The Morgan fingerprint density at radius 1 is 1.04 bits per heavy atom. The molecule has 2 N–H and O–H groups in total. The van der Waals surface area contributed by atoms with Crippen molar-refractivity contribution in [2.45, 2.75) is 13.8 Å². The molecule has 26 heavy (non-hydrogen) atoms. The number of barbiturate groups is 1. The van der Waals surface area contributed by atoms with Gasteiger partial charge in [0.15, 0.2) is 0 Å². The Kier molecular flexibility index (Phi) is 4.65. The molecule has 0 unspecified atom stereocenters. The molecular weight excluding hydrogens is 400 g/mol. The number of aromatic hydroxyl groups is 1. The maximum Gasteiger partial charge on any atom is 0.335 e. The number of hydrogen-bond donors (Lipinski definition) is 2. The van der Waals surface area contributed by atoms with Crippen molar-refractivity contribution < 1.29 is 19.5 Å². The van der Waals surface area contributed by atoms with Crippen LogP contribution in [0, 0.1) is 13.8 Å². The van der Waals surface area contributed by atoms with Crippen LogP contribution in [0.15, 0.2) is 46.4 Å². The summed E-state index contributed by atoms with van der Waals surface area (Å²) in [5, 5.41) is 11.7. The van der Waals surface area contributed by atoms with Crippen LogP contribution in [0.3, 0.4) is 0 Å². The summed E-state index contributed by atoms with van der Waals surface area (Å²) in [6.45, 7) is 3.80. The summed E-state index contributed by atoms with van der Waals surface area (Å²) in [6, 6.07) is 8.97. The molecule has 0 atom stereocenters. The summed E-state index contributed by atoms with van der Waals surface area (Å²) in [5.41, 5.74) is 2.70. The molecule has 0 aromatic heterocycles. The molecule has 132 valence electrons. The van der Waals surface area contributed by atoms with Crippen LogP contribution >= 0.6 is 15.9 Å². The van der Waals surface area contributed by atoms with Gasteiger partial charge in [0.05, 0.1) is 10.2 Å². The number of halogens is 1. The first-order valence-corrected chi connectivity index (χ1v) is 8.54. The van der Waals surface area contributed by atoms with Crippen LogP contribution in [0.2, 0.25) is 0 Å². The average Bonchev–Trinajstić information content (AvgIpc) is 2.57. The Morgan fingerprint density at radius 3 is 2.42 bits per heavy atom. The predicted octanol–water partition coefficient (Wildman–Crippen LogP) is 3.44. The minimum absolute atomic E-state index is 0.0403. The number of carbonyl (C=O) groups excluding carboxylic acids is 3. The van der Waals surface area contributed by atoms with Gasteiger partial charge < -0.3 is 5.11 Å². The smallest absolute Gasteiger partial charge is 0.335 e. The van der Waals surface area contributed by atoms with E-state index in [0.717, 1.165) is 16.0 Å². The van der Waals surface area contributed by atoms with Gasteiger partial charge in [-0.2, -0.15) is 0 Å². The highest BCUT2D eigenvalue weighted by Crippen LogP contribution is 2.27. The van der Waals surface area contributed by atoms with Crippen molar-refractivity contribution in [3.05, 3.63) is 63.1 Å². The lowest BCUT2D eigenvalue weighted by Crippen LogP contribution is -2.54. The maximum absolute atomic E-state index is 12.8. The molecule has 4 amide bonds. The van der Waals surface area contributed by atoms with Gasteiger partial charge in [0.25, 0.3) is 11.8 Å². The zero-order chi connectivity index (χ0) is 19.0. The number of hydrogen-bond acceptors (Lipinski definition) is 4. The number of carbonyl (C=O) groups is 3. The summed E-state index contributed by atoms with van der Waals surface area (Å²) >= 11 is 3.18. The molecule has 0 bridgehead atoms. The maximum atomic E-state index is 12.8. The lowest BCUT2D eigenvalue weighted by Gasteiger charge is -2.26. The molecule has 0 saturated carbocycles. The van der Waals surface area contributed by atoms with Crippen LogP contribution in [0.4, 0.5) is 10.5 Å². The second-order valence-electron chi connectivity index (χ2n) is 5.94. The fraction of sp³-hybridized carbons (Fsp3) is 0.105. The number of imide groups is 2. The summed E-state index contributed by atoms with van der Waals surface area (Å²) in [6.07, 6.45) is 1.38. The van der Waals surface area contributed by atoms with Gasteiger partial charge in [0.2, 0.25) is 0 Å². The Hall–Kier alpha value is -2.93. The molecule has 3 rings (SSSR count). The van der Waals surface area contributed by atoms with Crippen molar-refractivity contribution in [3.63, 3.8) is 0 Å². The minimum atomic E-state index is -0.785. The van der Waals surface area contributed by atoms with Gasteiger partial charge in [0.1, 0.15) is 11.3 Å². The van der Waals surface area contributed by atoms with Gasteiger partial charge in [-0.25, -0.2) is 9.69 Å². The first kappa shape index (κ1) is 17.9. The summed E-state index contributed by atoms with van der Waals surface area (Å²) in [5.74, 6) is -1.42. The lowest BCUT2D eigenvalue weighted by atomic mass is 10.1. The third-order valence-electron chi connectivity index (χ3n) is 4.13. The Morgan fingerprint density at radius 2 is 1.77 bits per heavy atom. The van der Waals surface area contributed by atoms with Crippen molar-refractivity contribution in [2.75, 3.05) is 4.90 Å². The number of urea groups is 1. The number of amides is 4. The second kappa shape index (κ2) is 6.76. The molecule has 1 aliphatic rings. The molecule has 1 aliphatic heterocycles. The van der Waals surface area contributed by atoms with Crippen LogP contribution in [0.1, 0.15) is 16.7 Å². The van der Waals surface area contributed by atoms with E-state index >= 15 is 0 Å². The molecule has 7 heteroatoms. The summed E-state index contributed by atoms with van der Waals surface area (Å²) in [4.78, 5) is 38.1. The third-order valence-corrected chi connectivity index (χ3v) is 4.77. The highest BCUT2D eigenvalue weighted by Gasteiger charge is 2.36. The van der Waals surface area contributed by atoms with E-state index in [2.05, 4.69) is 21.2 Å². The number of phenolic OH excluding ortho intramolecular Hbond substituents is 1. The first-order valence-electron chi connectivity index (χ1n) is 7.75. The summed E-state index contributed by atoms with van der Waals surface area (Å²) < 4.78 is 0.428. The Balaban J connectivity index is 2.03. The lowest BCUT2D eigenvalue weighted by molar-refractivity contribution is -0.122. The van der Waals surface area contributed by atoms with E-state index in [-0.39, 0.29) is 11.3 Å². The fourth-order valence-electron chi connectivity index (χ4n) is 2.54. The van der Waals surface area contributed by atoms with Crippen molar-refractivity contribution in [1.82, 2.24) is 5.32 Å². The topological polar surface area (TPSA) is 86.7 Å². The van der Waals surface area contributed by atoms with Crippen LogP contribution in [0.5, 0.6) is 5.75 Å². The predicted molar refractivity (Wildman–Crippen MR) is 101 cm³/mol. The highest BCUT2D eigenvalue weighted by molar-refractivity contribution is 9.10. The molecule has 2 aromatic rings. The van der Waals surface area contributed by atoms with Crippen LogP contribution in [-0.4, -0.2) is 23.0 Å². The van der Waals surface area contributed by atoms with Crippen LogP contribution in [0.25, 0.3) is 6.08 Å². The SMILES string of the molecule is Cc1ccc(N2C(=O)NC(=O)/C(=C\c3ccc(O)c(Br)c3)C2=O)cc1C. The van der Waals surface area contributed by atoms with E-state index in [1.165, 1.54) is 12.1 Å². The number of benzene rings is 2. The number of phenols is 1. The van der Waals surface area contributed by atoms with Crippen molar-refractivity contribution in [2.24, 2.45) is 0 Å². The zero-order valence-corrected chi connectivity index (χ0v) is 15.6. The molecule has 0 radical (unpaired) electrons. The van der Waals surface area contributed by atoms with E-state index < -0.39 is 17.8 Å². The molecule has 0 spiro atoms. The number of aryl methyl sites for hydroxylation is 2. The van der Waals surface area contributed by atoms with Gasteiger partial charge in [-0.15, -0.1) is 0 Å². The van der Waals surface area contributed by atoms with Crippen molar-refractivity contribution in [3.8, 4) is 5.75 Å². The quantitative estimate of drug-likeness (QED) is 0.581. The standard InChI is InChI=1S/C19H15BrN2O4/c1-10-3-5-13(7-11(10)2)22-18(25)14(17(24)21-19(22)26)8-12-4-6-16(23)15(20)9-12/h3-9,23H,1-2H3,(H,21,24,26)/b14-8+. The third kappa shape index (κ3) is 3.25. The Bertz CT molecular complexity index is 981. The molecular formula is C19H15BrN2O4. The number of nitrogens with zero attached hydrogens (tertiary/aromatic N) is 1. The van der Waals surface area contributed by atoms with Gasteiger partial charge in [-0.3, -0.25) is 14.9 Å². The monoisotopic (exact) mass is 414 g/mol. The second-order valence-corrected chi connectivity index (χ2v) is 6.79. The van der Waals surface area contributed by atoms with Gasteiger partial charge in [-0.05, 0) is 76.8 Å². The van der Waals surface area contributed by atoms with Gasteiger partial charge in [0, 0.05) is 0 Å². The molecule has 6 nitrogen and oxygen atoms in total. The first-order chi connectivity index (χ1) is 12.3. The average molecular weight is 415 g/mol. The van der Waals surface area contributed by atoms with E-state index in [4.69, 9.17) is 0 Å². The van der Waals surface area contributed by atoms with E-state index in [9.17, 15) is 19.5 Å². The van der Waals surface area contributed by atoms with E-state index in [1.54, 1.807) is 24.3 Å². The van der Waals surface area contributed by atoms with Crippen molar-refractivity contribution >= 4 is 45.5 Å². The van der Waals surface area contributed by atoms with Gasteiger partial charge >= 0.3 is 6.03 Å². The fourth-order valence-corrected chi connectivity index (χ4v) is 2.93. The molecule has 2 aromatic carbocycles. The van der Waals surface area contributed by atoms with E-state index in [0.29, 0.717) is 15.7 Å². The normalized spacial score (nSPS) is 16.2. The zero-order valence-electron chi connectivity index (χ0n) is 14.0. The van der Waals surface area contributed by atoms with E-state index in [1.807, 2.05) is 19.9 Å². The largest absolute Gasteiger partial charge is 0.507 e. The van der Waals surface area contributed by atoms with Crippen LogP contribution < -0.4 is 10.2 Å². The Labute approximate surface area is 158 Å².